The fraction of sp³-hybridized carbons (Fsp3) is 0.750. The number of esters is 1. The molecule has 0 rings (SSSR count). The van der Waals surface area contributed by atoms with Gasteiger partial charge in [0.1, 0.15) is 5.92 Å². The summed E-state index contributed by atoms with van der Waals surface area (Å²) in [6.07, 6.45) is 0. The lowest BCUT2D eigenvalue weighted by molar-refractivity contribution is -0.146. The van der Waals surface area contributed by atoms with Crippen LogP contribution in [0.15, 0.2) is 0 Å². The standard InChI is InChI=1S/C12H20N2O3/c1-8(2)10(6-13)11(15)14(4)7-9(3)12(16)17-5/h8-10H,7H2,1-5H3. The monoisotopic (exact) mass is 240 g/mol. The minimum absolute atomic E-state index is 0.0385. The van der Waals surface area contributed by atoms with Gasteiger partial charge in [-0.25, -0.2) is 0 Å². The molecule has 1 amide bonds. The molecule has 96 valence electrons. The predicted octanol–water partition coefficient (Wildman–Crippen LogP) is 1.05. The molecule has 0 aromatic heterocycles. The number of nitrogens with zero attached hydrogens (tertiary/aromatic N) is 2. The van der Waals surface area contributed by atoms with Crippen LogP contribution in [0.5, 0.6) is 0 Å². The van der Waals surface area contributed by atoms with Crippen molar-refractivity contribution in [1.82, 2.24) is 4.90 Å². The maximum atomic E-state index is 11.9. The molecular weight excluding hydrogens is 220 g/mol. The van der Waals surface area contributed by atoms with Crippen molar-refractivity contribution in [2.45, 2.75) is 20.8 Å². The first-order valence-corrected chi connectivity index (χ1v) is 5.57. The molecule has 0 aromatic rings. The first kappa shape index (κ1) is 15.4. The highest BCUT2D eigenvalue weighted by molar-refractivity contribution is 5.82. The maximum absolute atomic E-state index is 11.9. The normalized spacial score (nSPS) is 13.7. The second-order valence-electron chi connectivity index (χ2n) is 4.49. The van der Waals surface area contributed by atoms with Crippen LogP contribution in [0.1, 0.15) is 20.8 Å². The Morgan fingerprint density at radius 1 is 1.35 bits per heavy atom. The van der Waals surface area contributed by atoms with Crippen molar-refractivity contribution in [3.63, 3.8) is 0 Å². The Hall–Kier alpha value is -1.57. The van der Waals surface area contributed by atoms with Crippen molar-refractivity contribution < 1.29 is 14.3 Å². The summed E-state index contributed by atoms with van der Waals surface area (Å²) < 4.78 is 4.58. The molecule has 0 N–H and O–H groups in total. The van der Waals surface area contributed by atoms with E-state index in [0.29, 0.717) is 0 Å². The van der Waals surface area contributed by atoms with Gasteiger partial charge in [0.25, 0.3) is 0 Å². The Morgan fingerprint density at radius 2 is 1.88 bits per heavy atom. The van der Waals surface area contributed by atoms with Gasteiger partial charge < -0.3 is 9.64 Å². The lowest BCUT2D eigenvalue weighted by atomic mass is 9.96. The van der Waals surface area contributed by atoms with E-state index in [4.69, 9.17) is 5.26 Å². The van der Waals surface area contributed by atoms with Gasteiger partial charge in [-0.15, -0.1) is 0 Å². The number of carbonyl (C=O) groups is 2. The minimum atomic E-state index is -0.662. The Bertz CT molecular complexity index is 320. The van der Waals surface area contributed by atoms with E-state index < -0.39 is 5.92 Å². The van der Waals surface area contributed by atoms with Crippen molar-refractivity contribution in [1.29, 1.82) is 5.26 Å². The van der Waals surface area contributed by atoms with Gasteiger partial charge in [-0.3, -0.25) is 9.59 Å². The van der Waals surface area contributed by atoms with E-state index in [2.05, 4.69) is 4.74 Å². The van der Waals surface area contributed by atoms with Crippen LogP contribution in [0.3, 0.4) is 0 Å². The molecule has 0 aliphatic carbocycles. The molecule has 0 bridgehead atoms. The zero-order valence-electron chi connectivity index (χ0n) is 11.1. The summed E-state index contributed by atoms with van der Waals surface area (Å²) in [7, 11) is 2.90. The summed E-state index contributed by atoms with van der Waals surface area (Å²) in [5.74, 6) is -1.70. The zero-order valence-corrected chi connectivity index (χ0v) is 11.1. The molecule has 0 aliphatic rings. The summed E-state index contributed by atoms with van der Waals surface area (Å²) in [4.78, 5) is 24.5. The predicted molar refractivity (Wildman–Crippen MR) is 62.8 cm³/mol. The van der Waals surface area contributed by atoms with Crippen LogP contribution in [0.4, 0.5) is 0 Å². The van der Waals surface area contributed by atoms with Gasteiger partial charge in [0.15, 0.2) is 0 Å². The highest BCUT2D eigenvalue weighted by Crippen LogP contribution is 2.13. The van der Waals surface area contributed by atoms with E-state index in [-0.39, 0.29) is 30.3 Å². The molecule has 0 radical (unpaired) electrons. The summed E-state index contributed by atoms with van der Waals surface area (Å²) in [5.41, 5.74) is 0. The molecule has 0 aromatic carbocycles. The lowest BCUT2D eigenvalue weighted by Gasteiger charge is -2.23. The fourth-order valence-corrected chi connectivity index (χ4v) is 1.50. The molecule has 0 fully saturated rings. The third-order valence-electron chi connectivity index (χ3n) is 2.60. The molecule has 0 aliphatic heterocycles. The maximum Gasteiger partial charge on any atom is 0.310 e. The van der Waals surface area contributed by atoms with Crippen LogP contribution in [0.25, 0.3) is 0 Å². The highest BCUT2D eigenvalue weighted by Gasteiger charge is 2.27. The van der Waals surface area contributed by atoms with E-state index in [0.717, 1.165) is 0 Å². The van der Waals surface area contributed by atoms with Crippen molar-refractivity contribution >= 4 is 11.9 Å². The van der Waals surface area contributed by atoms with Crippen LogP contribution in [0, 0.1) is 29.1 Å². The molecule has 2 atom stereocenters. The van der Waals surface area contributed by atoms with Crippen LogP contribution in [-0.2, 0) is 14.3 Å². The average molecular weight is 240 g/mol. The molecule has 5 nitrogen and oxygen atoms in total. The molecule has 0 spiro atoms. The van der Waals surface area contributed by atoms with Crippen LogP contribution >= 0.6 is 0 Å². The number of carbonyl (C=O) groups excluding carboxylic acids is 2. The molecule has 17 heavy (non-hydrogen) atoms. The van der Waals surface area contributed by atoms with E-state index in [1.165, 1.54) is 12.0 Å². The first-order chi connectivity index (χ1) is 7.84. The smallest absolute Gasteiger partial charge is 0.310 e. The lowest BCUT2D eigenvalue weighted by Crippen LogP contribution is -2.39. The SMILES string of the molecule is COC(=O)C(C)CN(C)C(=O)C(C#N)C(C)C. The van der Waals surface area contributed by atoms with Gasteiger partial charge >= 0.3 is 5.97 Å². The number of amides is 1. The molecule has 0 saturated carbocycles. The molecular formula is C12H20N2O3. The number of rotatable bonds is 5. The number of nitriles is 1. The zero-order chi connectivity index (χ0) is 13.6. The Labute approximate surface area is 102 Å². The van der Waals surface area contributed by atoms with Gasteiger partial charge in [-0.2, -0.15) is 5.26 Å². The largest absolute Gasteiger partial charge is 0.469 e. The average Bonchev–Trinajstić information content (AvgIpc) is 2.27. The number of ether oxygens (including phenoxy) is 1. The van der Waals surface area contributed by atoms with Crippen LogP contribution < -0.4 is 0 Å². The molecule has 5 heteroatoms. The Morgan fingerprint density at radius 3 is 2.24 bits per heavy atom. The number of hydrogen-bond acceptors (Lipinski definition) is 4. The van der Waals surface area contributed by atoms with Crippen molar-refractivity contribution in [2.24, 2.45) is 17.8 Å². The topological polar surface area (TPSA) is 70.4 Å². The second kappa shape index (κ2) is 6.89. The molecule has 2 unspecified atom stereocenters. The fourth-order valence-electron chi connectivity index (χ4n) is 1.50. The third-order valence-corrected chi connectivity index (χ3v) is 2.60. The Kier molecular flexibility index (Phi) is 6.26. The van der Waals surface area contributed by atoms with Crippen molar-refractivity contribution in [3.05, 3.63) is 0 Å². The third kappa shape index (κ3) is 4.43. The van der Waals surface area contributed by atoms with Gasteiger partial charge in [0, 0.05) is 13.6 Å². The molecule has 0 heterocycles. The van der Waals surface area contributed by atoms with Gasteiger partial charge in [0.05, 0.1) is 19.1 Å². The van der Waals surface area contributed by atoms with E-state index >= 15 is 0 Å². The highest BCUT2D eigenvalue weighted by atomic mass is 16.5. The van der Waals surface area contributed by atoms with Gasteiger partial charge in [-0.1, -0.05) is 20.8 Å². The molecule has 0 saturated heterocycles. The summed E-state index contributed by atoms with van der Waals surface area (Å²) in [5, 5.41) is 8.92. The quantitative estimate of drug-likeness (QED) is 0.673. The second-order valence-corrected chi connectivity index (χ2v) is 4.49. The van der Waals surface area contributed by atoms with E-state index in [1.54, 1.807) is 14.0 Å². The van der Waals surface area contributed by atoms with E-state index in [1.807, 2.05) is 19.9 Å². The van der Waals surface area contributed by atoms with Crippen molar-refractivity contribution in [2.75, 3.05) is 20.7 Å². The number of hydrogen-bond donors (Lipinski definition) is 0. The van der Waals surface area contributed by atoms with Crippen LogP contribution in [0.2, 0.25) is 0 Å². The Balaban J connectivity index is 4.52. The number of methoxy groups -OCH3 is 1. The van der Waals surface area contributed by atoms with E-state index in [9.17, 15) is 9.59 Å². The summed E-state index contributed by atoms with van der Waals surface area (Å²) in [6.45, 7) is 5.59. The minimum Gasteiger partial charge on any atom is -0.469 e. The van der Waals surface area contributed by atoms with Crippen LogP contribution in [-0.4, -0.2) is 37.5 Å². The van der Waals surface area contributed by atoms with Gasteiger partial charge in [0.2, 0.25) is 5.91 Å². The summed E-state index contributed by atoms with van der Waals surface area (Å²) >= 11 is 0. The summed E-state index contributed by atoms with van der Waals surface area (Å²) in [6, 6.07) is 1.99. The van der Waals surface area contributed by atoms with Crippen molar-refractivity contribution in [3.8, 4) is 6.07 Å². The van der Waals surface area contributed by atoms with Gasteiger partial charge in [-0.05, 0) is 5.92 Å². The first-order valence-electron chi connectivity index (χ1n) is 5.57.